The first-order valence-corrected chi connectivity index (χ1v) is 5.85. The Kier molecular flexibility index (Phi) is 6.34. The van der Waals surface area contributed by atoms with E-state index in [0.717, 1.165) is 33.5 Å². The van der Waals surface area contributed by atoms with Crippen LogP contribution in [0.1, 0.15) is 10.4 Å². The third kappa shape index (κ3) is 4.88. The summed E-state index contributed by atoms with van der Waals surface area (Å²) in [5, 5.41) is 0. The lowest BCUT2D eigenvalue weighted by Gasteiger charge is -2.13. The Labute approximate surface area is 129 Å². The lowest BCUT2D eigenvalue weighted by Crippen LogP contribution is -2.15. The van der Waals surface area contributed by atoms with E-state index >= 15 is 0 Å². The van der Waals surface area contributed by atoms with Crippen molar-refractivity contribution >= 4 is 24.8 Å². The second kappa shape index (κ2) is 8.22. The Hall–Kier alpha value is -3.30. The Bertz CT molecular complexity index is 582. The molecule has 0 saturated heterocycles. The van der Waals surface area contributed by atoms with Crippen molar-refractivity contribution in [3.05, 3.63) is 17.7 Å². The molecule has 0 fully saturated rings. The zero-order valence-corrected chi connectivity index (χ0v) is 12.3. The molecule has 0 bridgehead atoms. The minimum Gasteiger partial charge on any atom is -0.437 e. The Morgan fingerprint density at radius 2 is 1.17 bits per heavy atom. The van der Waals surface area contributed by atoms with Crippen LogP contribution in [0.4, 0.5) is 14.4 Å². The van der Waals surface area contributed by atoms with Gasteiger partial charge >= 0.3 is 18.5 Å². The van der Waals surface area contributed by atoms with Crippen LogP contribution in [0.15, 0.2) is 12.1 Å². The van der Waals surface area contributed by atoms with Crippen LogP contribution in [0.5, 0.6) is 17.2 Å². The maximum absolute atomic E-state index is 11.3. The van der Waals surface area contributed by atoms with Gasteiger partial charge in [0.1, 0.15) is 6.29 Å². The van der Waals surface area contributed by atoms with Crippen molar-refractivity contribution in [1.29, 1.82) is 0 Å². The number of ether oxygens (including phenoxy) is 6. The van der Waals surface area contributed by atoms with E-state index in [4.69, 9.17) is 14.2 Å². The van der Waals surface area contributed by atoms with Gasteiger partial charge in [-0.1, -0.05) is 0 Å². The molecule has 23 heavy (non-hydrogen) atoms. The van der Waals surface area contributed by atoms with E-state index in [1.54, 1.807) is 0 Å². The molecule has 0 aliphatic carbocycles. The fourth-order valence-electron chi connectivity index (χ4n) is 1.31. The van der Waals surface area contributed by atoms with Crippen molar-refractivity contribution in [2.24, 2.45) is 0 Å². The molecular weight excluding hydrogens is 316 g/mol. The number of carbonyl (C=O) groups is 4. The van der Waals surface area contributed by atoms with Gasteiger partial charge in [-0.2, -0.15) is 0 Å². The van der Waals surface area contributed by atoms with Crippen molar-refractivity contribution in [3.8, 4) is 17.2 Å². The molecule has 0 heterocycles. The molecule has 0 N–H and O–H groups in total. The molecule has 0 radical (unpaired) electrons. The second-order valence-corrected chi connectivity index (χ2v) is 3.63. The minimum atomic E-state index is -1.19. The van der Waals surface area contributed by atoms with Crippen LogP contribution < -0.4 is 14.2 Å². The second-order valence-electron chi connectivity index (χ2n) is 3.63. The van der Waals surface area contributed by atoms with E-state index in [1.807, 2.05) is 0 Å². The molecule has 124 valence electrons. The average Bonchev–Trinajstić information content (AvgIpc) is 2.56. The Morgan fingerprint density at radius 1 is 0.783 bits per heavy atom. The number of hydrogen-bond acceptors (Lipinski definition) is 10. The van der Waals surface area contributed by atoms with E-state index in [9.17, 15) is 19.2 Å². The third-order valence-corrected chi connectivity index (χ3v) is 2.25. The molecule has 10 heteroatoms. The number of benzene rings is 1. The van der Waals surface area contributed by atoms with Crippen molar-refractivity contribution in [3.63, 3.8) is 0 Å². The topological polar surface area (TPSA) is 124 Å². The van der Waals surface area contributed by atoms with Crippen molar-refractivity contribution < 1.29 is 47.6 Å². The Morgan fingerprint density at radius 3 is 1.52 bits per heavy atom. The number of methoxy groups -OCH3 is 3. The van der Waals surface area contributed by atoms with E-state index < -0.39 is 35.7 Å². The number of hydrogen-bond donors (Lipinski definition) is 0. The molecule has 0 atom stereocenters. The van der Waals surface area contributed by atoms with Crippen molar-refractivity contribution in [2.75, 3.05) is 21.3 Å². The maximum Gasteiger partial charge on any atom is 0.513 e. The minimum absolute atomic E-state index is 0.0416. The molecule has 0 amide bonds. The number of rotatable bonds is 4. The molecule has 0 aromatic heterocycles. The predicted octanol–water partition coefficient (Wildman–Crippen LogP) is 1.93. The summed E-state index contributed by atoms with van der Waals surface area (Å²) in [6.07, 6.45) is -3.12. The van der Waals surface area contributed by atoms with Gasteiger partial charge in [0.05, 0.1) is 21.3 Å². The standard InChI is InChI=1S/C13H12O10/c1-18-11(15)21-8-4-7(6-14)5-9(22-12(16)19-2)10(8)23-13(17)20-3/h4-6H,1-3H3. The first-order valence-electron chi connectivity index (χ1n) is 5.85. The monoisotopic (exact) mass is 328 g/mol. The van der Waals surface area contributed by atoms with Crippen LogP contribution in [-0.2, 0) is 14.2 Å². The van der Waals surface area contributed by atoms with Crippen LogP contribution in [0, 0.1) is 0 Å². The highest BCUT2D eigenvalue weighted by Gasteiger charge is 2.23. The number of carbonyl (C=O) groups excluding carboxylic acids is 4. The van der Waals surface area contributed by atoms with Crippen molar-refractivity contribution in [1.82, 2.24) is 0 Å². The van der Waals surface area contributed by atoms with Gasteiger partial charge in [0.25, 0.3) is 0 Å². The third-order valence-electron chi connectivity index (χ3n) is 2.25. The zero-order valence-electron chi connectivity index (χ0n) is 12.3. The fraction of sp³-hybridized carbons (Fsp3) is 0.231. The van der Waals surface area contributed by atoms with Gasteiger partial charge in [-0.3, -0.25) is 4.79 Å². The van der Waals surface area contributed by atoms with E-state index in [-0.39, 0.29) is 5.56 Å². The summed E-state index contributed by atoms with van der Waals surface area (Å²) < 4.78 is 27.2. The molecule has 0 aliphatic rings. The molecule has 0 spiro atoms. The van der Waals surface area contributed by atoms with Gasteiger partial charge in [-0.25, -0.2) is 14.4 Å². The zero-order chi connectivity index (χ0) is 17.4. The summed E-state index contributed by atoms with van der Waals surface area (Å²) in [5.74, 6) is -1.31. The first-order chi connectivity index (χ1) is 10.9. The molecule has 0 unspecified atom stereocenters. The summed E-state index contributed by atoms with van der Waals surface area (Å²) >= 11 is 0. The maximum atomic E-state index is 11.3. The van der Waals surface area contributed by atoms with E-state index in [2.05, 4.69) is 14.2 Å². The Balaban J connectivity index is 3.39. The highest BCUT2D eigenvalue weighted by atomic mass is 16.8. The quantitative estimate of drug-likeness (QED) is 0.350. The molecular formula is C13H12O10. The van der Waals surface area contributed by atoms with Crippen molar-refractivity contribution in [2.45, 2.75) is 0 Å². The van der Waals surface area contributed by atoms with Gasteiger partial charge < -0.3 is 28.4 Å². The predicted molar refractivity (Wildman–Crippen MR) is 70.9 cm³/mol. The van der Waals surface area contributed by atoms with Gasteiger partial charge in [-0.15, -0.1) is 0 Å². The lowest BCUT2D eigenvalue weighted by atomic mass is 10.2. The summed E-state index contributed by atoms with van der Waals surface area (Å²) in [7, 11) is 3.11. The highest BCUT2D eigenvalue weighted by molar-refractivity contribution is 5.82. The van der Waals surface area contributed by atoms with Crippen LogP contribution in [0.3, 0.4) is 0 Å². The molecule has 1 aromatic rings. The lowest BCUT2D eigenvalue weighted by molar-refractivity contribution is 0.104. The van der Waals surface area contributed by atoms with Crippen LogP contribution in [0.25, 0.3) is 0 Å². The largest absolute Gasteiger partial charge is 0.513 e. The SMILES string of the molecule is COC(=O)Oc1cc(C=O)cc(OC(=O)OC)c1OC(=O)OC. The summed E-state index contributed by atoms with van der Waals surface area (Å²) in [5.41, 5.74) is -0.0416. The van der Waals surface area contributed by atoms with Gasteiger partial charge in [-0.05, 0) is 12.1 Å². The molecule has 0 aliphatic heterocycles. The van der Waals surface area contributed by atoms with E-state index in [0.29, 0.717) is 6.29 Å². The molecule has 0 saturated carbocycles. The van der Waals surface area contributed by atoms with Gasteiger partial charge in [0.2, 0.25) is 5.75 Å². The molecule has 1 rings (SSSR count). The van der Waals surface area contributed by atoms with Crippen LogP contribution in [-0.4, -0.2) is 46.1 Å². The van der Waals surface area contributed by atoms with Crippen LogP contribution in [0.2, 0.25) is 0 Å². The molecule has 1 aromatic carbocycles. The highest BCUT2D eigenvalue weighted by Crippen LogP contribution is 2.39. The summed E-state index contributed by atoms with van der Waals surface area (Å²) in [6, 6.07) is 2.12. The molecule has 10 nitrogen and oxygen atoms in total. The number of aldehydes is 1. The summed E-state index contributed by atoms with van der Waals surface area (Å²) in [4.78, 5) is 44.7. The smallest absolute Gasteiger partial charge is 0.437 e. The first kappa shape index (κ1) is 17.8. The van der Waals surface area contributed by atoms with Gasteiger partial charge in [0, 0.05) is 5.56 Å². The summed E-state index contributed by atoms with van der Waals surface area (Å²) in [6.45, 7) is 0. The normalized spacial score (nSPS) is 9.35. The van der Waals surface area contributed by atoms with E-state index in [1.165, 1.54) is 0 Å². The van der Waals surface area contributed by atoms with Gasteiger partial charge in [0.15, 0.2) is 11.5 Å². The average molecular weight is 328 g/mol. The fourth-order valence-corrected chi connectivity index (χ4v) is 1.31. The van der Waals surface area contributed by atoms with Crippen LogP contribution >= 0.6 is 0 Å².